The number of hydrogen-bond acceptors (Lipinski definition) is 7. The Morgan fingerprint density at radius 3 is 2.53 bits per heavy atom. The first-order valence-electron chi connectivity index (χ1n) is 11.1. The molecular weight excluding hydrogens is 462 g/mol. The smallest absolute Gasteiger partial charge is 0.312 e. The first-order valence-corrected chi connectivity index (χ1v) is 12.5. The second-order valence-electron chi connectivity index (χ2n) is 8.05. The van der Waals surface area contributed by atoms with Gasteiger partial charge in [-0.3, -0.25) is 14.9 Å². The minimum atomic E-state index is -3.92. The maximum atomic E-state index is 12.9. The number of ether oxygens (including phenoxy) is 2. The lowest BCUT2D eigenvalue weighted by Gasteiger charge is -2.26. The molecule has 34 heavy (non-hydrogen) atoms. The van der Waals surface area contributed by atoms with E-state index in [1.165, 1.54) is 23.4 Å². The van der Waals surface area contributed by atoms with Crippen molar-refractivity contribution in [3.63, 3.8) is 0 Å². The average molecular weight is 492 g/mol. The first-order chi connectivity index (χ1) is 16.1. The van der Waals surface area contributed by atoms with E-state index in [0.717, 1.165) is 18.1 Å². The van der Waals surface area contributed by atoms with Gasteiger partial charge in [0.25, 0.3) is 5.91 Å². The van der Waals surface area contributed by atoms with Crippen LogP contribution in [0, 0.1) is 10.1 Å². The number of nitrogens with zero attached hydrogens (tertiary/aromatic N) is 2. The Morgan fingerprint density at radius 2 is 1.88 bits per heavy atom. The lowest BCUT2D eigenvalue weighted by atomic mass is 9.97. The fraction of sp³-hybridized carbons (Fsp3) is 0.435. The van der Waals surface area contributed by atoms with Gasteiger partial charge < -0.3 is 14.8 Å². The van der Waals surface area contributed by atoms with Gasteiger partial charge in [0.15, 0.2) is 11.9 Å². The molecule has 11 heteroatoms. The van der Waals surface area contributed by atoms with Crippen LogP contribution in [0.1, 0.15) is 38.7 Å². The number of para-hydroxylation sites is 1. The van der Waals surface area contributed by atoms with Crippen LogP contribution in [0.25, 0.3) is 0 Å². The van der Waals surface area contributed by atoms with E-state index in [1.807, 2.05) is 18.2 Å². The van der Waals surface area contributed by atoms with Crippen LogP contribution in [-0.2, 0) is 19.6 Å². The van der Waals surface area contributed by atoms with Crippen molar-refractivity contribution in [1.82, 2.24) is 4.31 Å². The standard InChI is InChI=1S/C23H29N3O7S/c1-4-16(2)19-7-5-6-8-20(19)24-23(27)17(3)33-22-10-9-18(15-21(22)26(28)29)34(30,31)25-11-13-32-14-12-25/h5-10,15-17H,4,11-14H2,1-3H3,(H,24,27). The number of amides is 1. The number of carbonyl (C=O) groups is 1. The third kappa shape index (κ3) is 5.72. The highest BCUT2D eigenvalue weighted by molar-refractivity contribution is 7.89. The molecule has 0 bridgehead atoms. The highest BCUT2D eigenvalue weighted by Gasteiger charge is 2.30. The zero-order valence-corrected chi connectivity index (χ0v) is 20.2. The highest BCUT2D eigenvalue weighted by atomic mass is 32.2. The van der Waals surface area contributed by atoms with Crippen molar-refractivity contribution in [3.05, 3.63) is 58.1 Å². The maximum absolute atomic E-state index is 12.9. The molecule has 1 amide bonds. The van der Waals surface area contributed by atoms with Gasteiger partial charge in [0.05, 0.1) is 23.0 Å². The van der Waals surface area contributed by atoms with Crippen LogP contribution in [-0.4, -0.2) is 56.0 Å². The van der Waals surface area contributed by atoms with Crippen LogP contribution in [0.3, 0.4) is 0 Å². The minimum Gasteiger partial charge on any atom is -0.474 e. The van der Waals surface area contributed by atoms with Crippen molar-refractivity contribution >= 4 is 27.3 Å². The SMILES string of the molecule is CCC(C)c1ccccc1NC(=O)C(C)Oc1ccc(S(=O)(=O)N2CCOCC2)cc1[N+](=O)[O-]. The summed E-state index contributed by atoms with van der Waals surface area (Å²) >= 11 is 0. The average Bonchev–Trinajstić information content (AvgIpc) is 2.84. The number of nitrogens with one attached hydrogen (secondary N) is 1. The molecule has 2 aromatic rings. The molecule has 2 atom stereocenters. The van der Waals surface area contributed by atoms with E-state index >= 15 is 0 Å². The Kier molecular flexibility index (Phi) is 8.24. The Morgan fingerprint density at radius 1 is 1.21 bits per heavy atom. The molecule has 2 aromatic carbocycles. The molecule has 3 rings (SSSR count). The van der Waals surface area contributed by atoms with Crippen LogP contribution < -0.4 is 10.1 Å². The van der Waals surface area contributed by atoms with E-state index in [4.69, 9.17) is 9.47 Å². The van der Waals surface area contributed by atoms with Crippen molar-refractivity contribution in [2.45, 2.75) is 44.1 Å². The first kappa shape index (κ1) is 25.6. The van der Waals surface area contributed by atoms with Crippen LogP contribution in [0.15, 0.2) is 47.4 Å². The lowest BCUT2D eigenvalue weighted by molar-refractivity contribution is -0.386. The molecule has 1 aliphatic rings. The maximum Gasteiger partial charge on any atom is 0.312 e. The third-order valence-electron chi connectivity index (χ3n) is 5.77. The van der Waals surface area contributed by atoms with E-state index in [-0.39, 0.29) is 42.9 Å². The molecule has 0 aromatic heterocycles. The Hall–Kier alpha value is -3.02. The molecular formula is C23H29N3O7S. The molecule has 1 aliphatic heterocycles. The van der Waals surface area contributed by atoms with Gasteiger partial charge in [-0.15, -0.1) is 0 Å². The minimum absolute atomic E-state index is 0.170. The summed E-state index contributed by atoms with van der Waals surface area (Å²) in [5, 5.41) is 14.5. The van der Waals surface area contributed by atoms with Gasteiger partial charge >= 0.3 is 5.69 Å². The number of rotatable bonds is 9. The normalized spacial score (nSPS) is 16.4. The van der Waals surface area contributed by atoms with Gasteiger partial charge in [0.1, 0.15) is 0 Å². The summed E-state index contributed by atoms with van der Waals surface area (Å²) in [5.41, 5.74) is 1.10. The molecule has 0 spiro atoms. The predicted octanol–water partition coefficient (Wildman–Crippen LogP) is 3.54. The summed E-state index contributed by atoms with van der Waals surface area (Å²) in [6, 6.07) is 10.9. The Bertz CT molecular complexity index is 1150. The van der Waals surface area contributed by atoms with Gasteiger partial charge in [-0.1, -0.05) is 32.0 Å². The summed E-state index contributed by atoms with van der Waals surface area (Å²) in [6.07, 6.45) is -0.171. The van der Waals surface area contributed by atoms with Crippen molar-refractivity contribution in [3.8, 4) is 5.75 Å². The molecule has 10 nitrogen and oxygen atoms in total. The number of nitro benzene ring substituents is 1. The van der Waals surface area contributed by atoms with E-state index in [1.54, 1.807) is 6.07 Å². The molecule has 0 saturated carbocycles. The van der Waals surface area contributed by atoms with Crippen molar-refractivity contribution in [2.24, 2.45) is 0 Å². The zero-order valence-electron chi connectivity index (χ0n) is 19.4. The number of carbonyl (C=O) groups excluding carboxylic acids is 1. The van der Waals surface area contributed by atoms with Crippen LogP contribution in [0.5, 0.6) is 5.75 Å². The largest absolute Gasteiger partial charge is 0.474 e. The topological polar surface area (TPSA) is 128 Å². The van der Waals surface area contributed by atoms with E-state index < -0.39 is 32.6 Å². The number of hydrogen-bond donors (Lipinski definition) is 1. The second kappa shape index (κ2) is 10.9. The zero-order chi connectivity index (χ0) is 24.9. The van der Waals surface area contributed by atoms with E-state index in [2.05, 4.69) is 19.2 Å². The van der Waals surface area contributed by atoms with Gasteiger partial charge in [0, 0.05) is 24.8 Å². The van der Waals surface area contributed by atoms with Crippen molar-refractivity contribution in [2.75, 3.05) is 31.6 Å². The summed E-state index contributed by atoms with van der Waals surface area (Å²) in [5.74, 6) is -0.436. The molecule has 1 saturated heterocycles. The van der Waals surface area contributed by atoms with Gasteiger partial charge in [-0.25, -0.2) is 8.42 Å². The fourth-order valence-corrected chi connectivity index (χ4v) is 5.00. The number of sulfonamides is 1. The van der Waals surface area contributed by atoms with Gasteiger partial charge in [-0.05, 0) is 43.0 Å². The van der Waals surface area contributed by atoms with Gasteiger partial charge in [0.2, 0.25) is 10.0 Å². The highest BCUT2D eigenvalue weighted by Crippen LogP contribution is 2.32. The number of benzene rings is 2. The van der Waals surface area contributed by atoms with Crippen LogP contribution in [0.2, 0.25) is 0 Å². The van der Waals surface area contributed by atoms with Crippen LogP contribution >= 0.6 is 0 Å². The van der Waals surface area contributed by atoms with Crippen molar-refractivity contribution in [1.29, 1.82) is 0 Å². The summed E-state index contributed by atoms with van der Waals surface area (Å²) in [7, 11) is -3.92. The molecule has 2 unspecified atom stereocenters. The van der Waals surface area contributed by atoms with Crippen molar-refractivity contribution < 1.29 is 27.6 Å². The van der Waals surface area contributed by atoms with Crippen LogP contribution in [0.4, 0.5) is 11.4 Å². The molecule has 1 heterocycles. The van der Waals surface area contributed by atoms with E-state index in [0.29, 0.717) is 5.69 Å². The molecule has 0 radical (unpaired) electrons. The van der Waals surface area contributed by atoms with E-state index in [9.17, 15) is 23.3 Å². The molecule has 0 aliphatic carbocycles. The second-order valence-corrected chi connectivity index (χ2v) is 9.99. The number of morpholine rings is 1. The summed E-state index contributed by atoms with van der Waals surface area (Å²) in [6.45, 7) is 6.44. The predicted molar refractivity (Wildman–Crippen MR) is 127 cm³/mol. The summed E-state index contributed by atoms with van der Waals surface area (Å²) < 4.78 is 37.7. The molecule has 1 N–H and O–H groups in total. The molecule has 184 valence electrons. The van der Waals surface area contributed by atoms with Gasteiger partial charge in [-0.2, -0.15) is 4.31 Å². The Labute approximate surface area is 199 Å². The summed E-state index contributed by atoms with van der Waals surface area (Å²) in [4.78, 5) is 23.5. The number of anilines is 1. The lowest BCUT2D eigenvalue weighted by Crippen LogP contribution is -2.40. The Balaban J connectivity index is 1.80. The third-order valence-corrected chi connectivity index (χ3v) is 7.66. The number of nitro groups is 1. The fourth-order valence-electron chi connectivity index (χ4n) is 3.57. The monoisotopic (exact) mass is 491 g/mol. The quantitative estimate of drug-likeness (QED) is 0.420. The molecule has 1 fully saturated rings.